The van der Waals surface area contributed by atoms with E-state index >= 15 is 0 Å². The third-order valence-corrected chi connectivity index (χ3v) is 2.71. The molecule has 0 saturated heterocycles. The molecule has 0 aliphatic heterocycles. The maximum absolute atomic E-state index is 11.9. The Bertz CT molecular complexity index is 545. The van der Waals surface area contributed by atoms with Gasteiger partial charge >= 0.3 is 0 Å². The number of hydrogen-bond acceptors (Lipinski definition) is 5. The highest BCUT2D eigenvalue weighted by atomic mass is 16.6. The molecule has 0 aromatic heterocycles. The van der Waals surface area contributed by atoms with Crippen molar-refractivity contribution in [2.24, 2.45) is 0 Å². The standard InChI is InChI=1S/C13H18N4O4/c1-3-6-15-12(18)8-16-13(19)9-4-5-11(17(20)21)10(7-9)14-2/h4-5,7,14H,3,6,8H2,1-2H3,(H,15,18)(H,16,19). The summed E-state index contributed by atoms with van der Waals surface area (Å²) in [7, 11) is 1.53. The van der Waals surface area contributed by atoms with Gasteiger partial charge in [-0.15, -0.1) is 0 Å². The lowest BCUT2D eigenvalue weighted by molar-refractivity contribution is -0.383. The molecule has 0 saturated carbocycles. The summed E-state index contributed by atoms with van der Waals surface area (Å²) >= 11 is 0. The number of nitro groups is 1. The third-order valence-electron chi connectivity index (χ3n) is 2.71. The number of nitrogens with one attached hydrogen (secondary N) is 3. The number of amides is 2. The van der Waals surface area contributed by atoms with Gasteiger partial charge < -0.3 is 16.0 Å². The van der Waals surface area contributed by atoms with E-state index in [0.29, 0.717) is 6.54 Å². The monoisotopic (exact) mass is 294 g/mol. The highest BCUT2D eigenvalue weighted by Gasteiger charge is 2.16. The molecular weight excluding hydrogens is 276 g/mol. The SMILES string of the molecule is CCCNC(=O)CNC(=O)c1ccc([N+](=O)[O-])c(NC)c1. The molecule has 0 bridgehead atoms. The predicted molar refractivity (Wildman–Crippen MR) is 78.3 cm³/mol. The Morgan fingerprint density at radius 2 is 2.00 bits per heavy atom. The molecule has 8 heteroatoms. The fourth-order valence-electron chi connectivity index (χ4n) is 1.63. The molecule has 0 unspecified atom stereocenters. The maximum atomic E-state index is 11.9. The van der Waals surface area contributed by atoms with Gasteiger partial charge in [0.25, 0.3) is 11.6 Å². The van der Waals surface area contributed by atoms with Crippen LogP contribution < -0.4 is 16.0 Å². The molecule has 0 aliphatic rings. The van der Waals surface area contributed by atoms with Gasteiger partial charge in [0.2, 0.25) is 5.91 Å². The number of hydrogen-bond donors (Lipinski definition) is 3. The van der Waals surface area contributed by atoms with Crippen molar-refractivity contribution in [3.63, 3.8) is 0 Å². The van der Waals surface area contributed by atoms with E-state index in [4.69, 9.17) is 0 Å². The van der Waals surface area contributed by atoms with E-state index in [0.717, 1.165) is 6.42 Å². The van der Waals surface area contributed by atoms with Crippen LogP contribution in [0.2, 0.25) is 0 Å². The first kappa shape index (κ1) is 16.4. The van der Waals surface area contributed by atoms with Crippen LogP contribution in [0.1, 0.15) is 23.7 Å². The minimum atomic E-state index is -0.536. The van der Waals surface area contributed by atoms with Gasteiger partial charge in [0.05, 0.1) is 11.5 Å². The van der Waals surface area contributed by atoms with Crippen molar-refractivity contribution in [1.29, 1.82) is 0 Å². The van der Waals surface area contributed by atoms with E-state index in [9.17, 15) is 19.7 Å². The molecule has 2 amide bonds. The first-order valence-corrected chi connectivity index (χ1v) is 6.50. The number of carbonyl (C=O) groups excluding carboxylic acids is 2. The normalized spacial score (nSPS) is 9.81. The molecule has 1 aromatic rings. The zero-order valence-electron chi connectivity index (χ0n) is 11.9. The van der Waals surface area contributed by atoms with Crippen LogP contribution in [0, 0.1) is 10.1 Å². The topological polar surface area (TPSA) is 113 Å². The second-order valence-electron chi connectivity index (χ2n) is 4.27. The van der Waals surface area contributed by atoms with E-state index in [1.54, 1.807) is 0 Å². The van der Waals surface area contributed by atoms with E-state index in [1.165, 1.54) is 25.2 Å². The van der Waals surface area contributed by atoms with Crippen LogP contribution in [0.15, 0.2) is 18.2 Å². The summed E-state index contributed by atoms with van der Waals surface area (Å²) < 4.78 is 0. The molecule has 0 heterocycles. The Kier molecular flexibility index (Phi) is 6.12. The highest BCUT2D eigenvalue weighted by molar-refractivity contribution is 5.97. The summed E-state index contributed by atoms with van der Waals surface area (Å²) in [6.07, 6.45) is 0.813. The van der Waals surface area contributed by atoms with Crippen LogP contribution in [0.4, 0.5) is 11.4 Å². The van der Waals surface area contributed by atoms with E-state index in [2.05, 4.69) is 16.0 Å². The second kappa shape index (κ2) is 7.83. The van der Waals surface area contributed by atoms with Crippen LogP contribution in [0.3, 0.4) is 0 Å². The average molecular weight is 294 g/mol. The van der Waals surface area contributed by atoms with Crippen molar-refractivity contribution in [3.8, 4) is 0 Å². The molecule has 1 aromatic carbocycles. The molecule has 1 rings (SSSR count). The number of rotatable bonds is 7. The van der Waals surface area contributed by atoms with E-state index in [-0.39, 0.29) is 29.4 Å². The van der Waals surface area contributed by atoms with Gasteiger partial charge in [0.15, 0.2) is 0 Å². The molecule has 8 nitrogen and oxygen atoms in total. The molecule has 3 N–H and O–H groups in total. The van der Waals surface area contributed by atoms with Gasteiger partial charge in [-0.2, -0.15) is 0 Å². The van der Waals surface area contributed by atoms with Crippen molar-refractivity contribution >= 4 is 23.2 Å². The Labute approximate surface area is 122 Å². The maximum Gasteiger partial charge on any atom is 0.292 e. The average Bonchev–Trinajstić information content (AvgIpc) is 2.49. The van der Waals surface area contributed by atoms with Crippen molar-refractivity contribution in [1.82, 2.24) is 10.6 Å². The van der Waals surface area contributed by atoms with Crippen molar-refractivity contribution < 1.29 is 14.5 Å². The summed E-state index contributed by atoms with van der Waals surface area (Å²) in [4.78, 5) is 33.5. The minimum absolute atomic E-state index is 0.116. The smallest absolute Gasteiger partial charge is 0.292 e. The number of nitrogens with zero attached hydrogens (tertiary/aromatic N) is 1. The van der Waals surface area contributed by atoms with Gasteiger partial charge in [0.1, 0.15) is 5.69 Å². The quantitative estimate of drug-likeness (QED) is 0.510. The molecule has 114 valence electrons. The van der Waals surface area contributed by atoms with Crippen molar-refractivity contribution in [2.75, 3.05) is 25.5 Å². The van der Waals surface area contributed by atoms with Crippen LogP contribution >= 0.6 is 0 Å². The highest BCUT2D eigenvalue weighted by Crippen LogP contribution is 2.24. The fraction of sp³-hybridized carbons (Fsp3) is 0.385. The van der Waals surface area contributed by atoms with E-state index < -0.39 is 10.8 Å². The molecule has 21 heavy (non-hydrogen) atoms. The summed E-state index contributed by atoms with van der Waals surface area (Å²) in [5.74, 6) is -0.742. The van der Waals surface area contributed by atoms with E-state index in [1.807, 2.05) is 6.92 Å². The fourth-order valence-corrected chi connectivity index (χ4v) is 1.63. The van der Waals surface area contributed by atoms with Crippen LogP contribution in [0.5, 0.6) is 0 Å². The van der Waals surface area contributed by atoms with Crippen LogP contribution in [0.25, 0.3) is 0 Å². The Morgan fingerprint density at radius 1 is 1.29 bits per heavy atom. The summed E-state index contributed by atoms with van der Waals surface area (Å²) in [5.41, 5.74) is 0.367. The van der Waals surface area contributed by atoms with Gasteiger partial charge in [-0.05, 0) is 18.6 Å². The number of benzene rings is 1. The molecule has 0 fully saturated rings. The molecule has 0 spiro atoms. The summed E-state index contributed by atoms with van der Waals surface area (Å²) in [5, 5.41) is 18.5. The number of nitro benzene ring substituents is 1. The predicted octanol–water partition coefficient (Wildman–Crippen LogP) is 0.892. The van der Waals surface area contributed by atoms with Gasteiger partial charge in [0, 0.05) is 25.2 Å². The largest absolute Gasteiger partial charge is 0.383 e. The first-order chi connectivity index (χ1) is 9.99. The van der Waals surface area contributed by atoms with Gasteiger partial charge in [-0.1, -0.05) is 6.92 Å². The lowest BCUT2D eigenvalue weighted by Crippen LogP contribution is -2.37. The lowest BCUT2D eigenvalue weighted by atomic mass is 10.1. The zero-order chi connectivity index (χ0) is 15.8. The first-order valence-electron chi connectivity index (χ1n) is 6.50. The Morgan fingerprint density at radius 3 is 2.57 bits per heavy atom. The number of anilines is 1. The third kappa shape index (κ3) is 4.75. The molecule has 0 radical (unpaired) electrons. The Balaban J connectivity index is 2.70. The minimum Gasteiger partial charge on any atom is -0.383 e. The van der Waals surface area contributed by atoms with Gasteiger partial charge in [-0.3, -0.25) is 19.7 Å². The lowest BCUT2D eigenvalue weighted by Gasteiger charge is -2.08. The zero-order valence-corrected chi connectivity index (χ0v) is 11.9. The van der Waals surface area contributed by atoms with Gasteiger partial charge in [-0.25, -0.2) is 0 Å². The molecule has 0 aliphatic carbocycles. The molecule has 0 atom stereocenters. The second-order valence-corrected chi connectivity index (χ2v) is 4.27. The summed E-state index contributed by atoms with van der Waals surface area (Å²) in [6, 6.07) is 3.97. The van der Waals surface area contributed by atoms with Crippen LogP contribution in [-0.4, -0.2) is 36.9 Å². The summed E-state index contributed by atoms with van der Waals surface area (Å²) in [6.45, 7) is 2.34. The number of carbonyl (C=O) groups is 2. The van der Waals surface area contributed by atoms with Crippen molar-refractivity contribution in [2.45, 2.75) is 13.3 Å². The van der Waals surface area contributed by atoms with Crippen molar-refractivity contribution in [3.05, 3.63) is 33.9 Å². The van der Waals surface area contributed by atoms with Crippen LogP contribution in [-0.2, 0) is 4.79 Å². The Hall–Kier alpha value is -2.64. The molecular formula is C13H18N4O4.